The molecule has 2 aromatic heterocycles. The largest absolute Gasteiger partial charge is 0.494 e. The minimum absolute atomic E-state index is 0.0275. The van der Waals surface area contributed by atoms with E-state index in [2.05, 4.69) is 15.3 Å². The quantitative estimate of drug-likeness (QED) is 0.601. The zero-order chi connectivity index (χ0) is 20.3. The van der Waals surface area contributed by atoms with E-state index in [4.69, 9.17) is 4.74 Å². The molecule has 0 atom stereocenters. The lowest BCUT2D eigenvalue weighted by Gasteiger charge is -2.14. The third-order valence-corrected chi connectivity index (χ3v) is 4.26. The molecule has 6 heteroatoms. The van der Waals surface area contributed by atoms with Crippen molar-refractivity contribution in [2.45, 2.75) is 34.1 Å². The molecular weight excluding hydrogens is 354 g/mol. The van der Waals surface area contributed by atoms with Crippen LogP contribution in [0.15, 0.2) is 42.6 Å². The number of carbonyl (C=O) groups excluding carboxylic acids is 2. The van der Waals surface area contributed by atoms with Crippen molar-refractivity contribution in [1.29, 1.82) is 0 Å². The van der Waals surface area contributed by atoms with E-state index in [-0.39, 0.29) is 11.7 Å². The van der Waals surface area contributed by atoms with Crippen molar-refractivity contribution in [2.24, 2.45) is 5.41 Å². The molecule has 0 radical (unpaired) electrons. The Morgan fingerprint density at radius 1 is 1.14 bits per heavy atom. The molecule has 2 N–H and O–H groups in total. The summed E-state index contributed by atoms with van der Waals surface area (Å²) in [6.45, 7) is 8.32. The lowest BCUT2D eigenvalue weighted by molar-refractivity contribution is 0.0853. The Bertz CT molecular complexity index is 998. The molecule has 3 rings (SSSR count). The molecule has 0 fully saturated rings. The zero-order valence-electron chi connectivity index (χ0n) is 16.6. The van der Waals surface area contributed by atoms with Gasteiger partial charge in [-0.3, -0.25) is 9.59 Å². The van der Waals surface area contributed by atoms with E-state index >= 15 is 0 Å². The van der Waals surface area contributed by atoms with E-state index in [9.17, 15) is 9.59 Å². The Morgan fingerprint density at radius 2 is 1.86 bits per heavy atom. The second-order valence-corrected chi connectivity index (χ2v) is 7.75. The highest BCUT2D eigenvalue weighted by atomic mass is 16.5. The van der Waals surface area contributed by atoms with Crippen LogP contribution in [0.4, 0.5) is 5.82 Å². The van der Waals surface area contributed by atoms with Gasteiger partial charge in [0.1, 0.15) is 11.6 Å². The second kappa shape index (κ2) is 7.84. The Labute approximate surface area is 164 Å². The van der Waals surface area contributed by atoms with E-state index in [0.29, 0.717) is 23.7 Å². The number of aromatic nitrogens is 2. The topological polar surface area (TPSA) is 84.1 Å². The molecule has 2 heterocycles. The summed E-state index contributed by atoms with van der Waals surface area (Å²) >= 11 is 0. The van der Waals surface area contributed by atoms with Gasteiger partial charge in [-0.2, -0.15) is 0 Å². The number of pyridine rings is 1. The van der Waals surface area contributed by atoms with Crippen LogP contribution in [0.5, 0.6) is 5.75 Å². The Balaban J connectivity index is 1.75. The summed E-state index contributed by atoms with van der Waals surface area (Å²) in [5.41, 5.74) is 1.33. The van der Waals surface area contributed by atoms with E-state index in [1.165, 1.54) is 0 Å². The SMILES string of the molecule is CCCOc1ccc(C(=O)Nc2cc3cc(C(=O)C(C)(C)C)[nH]c3cn2)cc1. The van der Waals surface area contributed by atoms with Gasteiger partial charge >= 0.3 is 0 Å². The first kappa shape index (κ1) is 19.6. The van der Waals surface area contributed by atoms with Crippen LogP contribution in [0.1, 0.15) is 55.0 Å². The summed E-state index contributed by atoms with van der Waals surface area (Å²) in [5.74, 6) is 0.939. The summed E-state index contributed by atoms with van der Waals surface area (Å²) in [4.78, 5) is 32.3. The van der Waals surface area contributed by atoms with Gasteiger partial charge < -0.3 is 15.0 Å². The predicted molar refractivity (Wildman–Crippen MR) is 110 cm³/mol. The lowest BCUT2D eigenvalue weighted by Crippen LogP contribution is -2.20. The number of H-pyrrole nitrogens is 1. The molecule has 1 amide bonds. The number of nitrogens with zero attached hydrogens (tertiary/aromatic N) is 1. The number of Topliss-reactive ketones (excluding diaryl/α,β-unsaturated/α-hetero) is 1. The fraction of sp³-hybridized carbons (Fsp3) is 0.318. The summed E-state index contributed by atoms with van der Waals surface area (Å²) in [7, 11) is 0. The number of anilines is 1. The molecule has 0 saturated heterocycles. The summed E-state index contributed by atoms with van der Waals surface area (Å²) < 4.78 is 5.53. The van der Waals surface area contributed by atoms with Crippen LogP contribution in [0.3, 0.4) is 0 Å². The summed E-state index contributed by atoms with van der Waals surface area (Å²) in [6, 6.07) is 10.5. The number of hydrogen-bond donors (Lipinski definition) is 2. The van der Waals surface area contributed by atoms with Crippen LogP contribution in [0, 0.1) is 5.41 Å². The van der Waals surface area contributed by atoms with Crippen LogP contribution in [-0.2, 0) is 0 Å². The van der Waals surface area contributed by atoms with Crippen molar-refractivity contribution >= 4 is 28.4 Å². The molecule has 0 aliphatic heterocycles. The van der Waals surface area contributed by atoms with Crippen LogP contribution in [0.2, 0.25) is 0 Å². The average Bonchev–Trinajstić information content (AvgIpc) is 3.08. The van der Waals surface area contributed by atoms with Crippen LogP contribution >= 0.6 is 0 Å². The molecule has 28 heavy (non-hydrogen) atoms. The van der Waals surface area contributed by atoms with Gasteiger partial charge in [-0.25, -0.2) is 4.98 Å². The number of hydrogen-bond acceptors (Lipinski definition) is 4. The van der Waals surface area contributed by atoms with Crippen molar-refractivity contribution in [2.75, 3.05) is 11.9 Å². The van der Waals surface area contributed by atoms with Crippen molar-refractivity contribution in [1.82, 2.24) is 9.97 Å². The third-order valence-electron chi connectivity index (χ3n) is 4.26. The van der Waals surface area contributed by atoms with Gasteiger partial charge in [-0.1, -0.05) is 27.7 Å². The highest BCUT2D eigenvalue weighted by Crippen LogP contribution is 2.24. The van der Waals surface area contributed by atoms with Gasteiger partial charge in [0.2, 0.25) is 0 Å². The normalized spacial score (nSPS) is 11.4. The number of carbonyl (C=O) groups is 2. The first-order valence-electron chi connectivity index (χ1n) is 9.35. The number of aromatic amines is 1. The monoisotopic (exact) mass is 379 g/mol. The predicted octanol–water partition coefficient (Wildman–Crippen LogP) is 4.83. The van der Waals surface area contributed by atoms with E-state index < -0.39 is 5.41 Å². The third kappa shape index (κ3) is 4.39. The van der Waals surface area contributed by atoms with Gasteiger partial charge in [-0.15, -0.1) is 0 Å². The van der Waals surface area contributed by atoms with E-state index in [0.717, 1.165) is 23.1 Å². The minimum atomic E-state index is -0.474. The molecule has 0 aliphatic carbocycles. The van der Waals surface area contributed by atoms with E-state index in [1.807, 2.05) is 27.7 Å². The molecule has 0 bridgehead atoms. The molecule has 0 saturated carbocycles. The van der Waals surface area contributed by atoms with Crippen molar-refractivity contribution in [3.8, 4) is 5.75 Å². The number of rotatable bonds is 6. The van der Waals surface area contributed by atoms with E-state index in [1.54, 1.807) is 42.6 Å². The number of amides is 1. The molecule has 0 spiro atoms. The number of fused-ring (bicyclic) bond motifs is 1. The molecule has 6 nitrogen and oxygen atoms in total. The van der Waals surface area contributed by atoms with Crippen LogP contribution in [0.25, 0.3) is 10.9 Å². The minimum Gasteiger partial charge on any atom is -0.494 e. The molecule has 0 unspecified atom stereocenters. The molecule has 146 valence electrons. The second-order valence-electron chi connectivity index (χ2n) is 7.75. The van der Waals surface area contributed by atoms with Crippen LogP contribution in [-0.4, -0.2) is 28.3 Å². The highest BCUT2D eigenvalue weighted by Gasteiger charge is 2.24. The van der Waals surface area contributed by atoms with Gasteiger partial charge in [-0.05, 0) is 42.8 Å². The number of ketones is 1. The molecular formula is C22H25N3O3. The lowest BCUT2D eigenvalue weighted by atomic mass is 9.89. The fourth-order valence-electron chi connectivity index (χ4n) is 2.74. The summed E-state index contributed by atoms with van der Waals surface area (Å²) in [6.07, 6.45) is 2.55. The molecule has 1 aromatic carbocycles. The van der Waals surface area contributed by atoms with Crippen molar-refractivity contribution < 1.29 is 14.3 Å². The van der Waals surface area contributed by atoms with Gasteiger partial charge in [0.15, 0.2) is 5.78 Å². The number of ether oxygens (including phenoxy) is 1. The number of benzene rings is 1. The Morgan fingerprint density at radius 3 is 2.50 bits per heavy atom. The fourth-order valence-corrected chi connectivity index (χ4v) is 2.74. The molecule has 3 aromatic rings. The summed E-state index contributed by atoms with van der Waals surface area (Å²) in [5, 5.41) is 3.61. The van der Waals surface area contributed by atoms with Crippen molar-refractivity contribution in [3.63, 3.8) is 0 Å². The average molecular weight is 379 g/mol. The van der Waals surface area contributed by atoms with Crippen LogP contribution < -0.4 is 10.1 Å². The first-order valence-corrected chi connectivity index (χ1v) is 9.35. The maximum atomic E-state index is 12.5. The van der Waals surface area contributed by atoms with Gasteiger partial charge in [0, 0.05) is 16.4 Å². The maximum absolute atomic E-state index is 12.5. The smallest absolute Gasteiger partial charge is 0.256 e. The Hall–Kier alpha value is -3.15. The highest BCUT2D eigenvalue weighted by molar-refractivity contribution is 6.05. The van der Waals surface area contributed by atoms with Gasteiger partial charge in [0.25, 0.3) is 5.91 Å². The molecule has 0 aliphatic rings. The van der Waals surface area contributed by atoms with Crippen molar-refractivity contribution in [3.05, 3.63) is 53.9 Å². The Kier molecular flexibility index (Phi) is 5.49. The standard InChI is InChI=1S/C22H25N3O3/c1-5-10-28-16-8-6-14(7-9-16)21(27)25-19-12-15-11-17(20(26)22(2,3)4)24-18(15)13-23-19/h6-9,11-13,24H,5,10H2,1-4H3,(H,23,25,27). The van der Waals surface area contributed by atoms with Gasteiger partial charge in [0.05, 0.1) is 24.0 Å². The first-order chi connectivity index (χ1) is 13.3. The maximum Gasteiger partial charge on any atom is 0.256 e. The number of nitrogens with one attached hydrogen (secondary N) is 2. The zero-order valence-corrected chi connectivity index (χ0v) is 16.6.